The van der Waals surface area contributed by atoms with Crippen LogP contribution in [-0.2, 0) is 66.7 Å². The Labute approximate surface area is 475 Å². The topological polar surface area (TPSA) is 416 Å². The first-order valence-corrected chi connectivity index (χ1v) is 29.6. The number of aliphatic hydroxyl groups excluding tert-OH is 10. The lowest BCUT2D eigenvalue weighted by atomic mass is 9.40. The monoisotopic (exact) mass is 1200 g/mol. The van der Waals surface area contributed by atoms with Crippen LogP contribution in [-0.4, -0.2) is 253 Å². The highest BCUT2D eigenvalue weighted by Crippen LogP contribution is 2.77. The highest BCUT2D eigenvalue weighted by atomic mass is 32.3. The molecular weight excluding hydrogens is 1110 g/mol. The fraction of sp³-hybridized carbons (Fsp3) is 0.907. The van der Waals surface area contributed by atoms with Gasteiger partial charge in [0.25, 0.3) is 0 Å². The summed E-state index contributed by atoms with van der Waals surface area (Å²) < 4.78 is 97.7. The molecule has 0 aromatic heterocycles. The normalized spacial score (nSPS) is 51.4. The van der Waals surface area contributed by atoms with Crippen molar-refractivity contribution in [1.29, 1.82) is 0 Å². The van der Waals surface area contributed by atoms with Crippen LogP contribution in [0.25, 0.3) is 0 Å². The van der Waals surface area contributed by atoms with Crippen molar-refractivity contribution in [2.75, 3.05) is 26.9 Å². The molecule has 3 saturated carbocycles. The molecule has 5 aliphatic heterocycles. The van der Waals surface area contributed by atoms with E-state index >= 15 is 0 Å². The van der Waals surface area contributed by atoms with E-state index in [4.69, 9.17) is 51.6 Å². The molecule has 0 bridgehead atoms. The zero-order valence-corrected chi connectivity index (χ0v) is 48.3. The summed E-state index contributed by atoms with van der Waals surface area (Å²) in [5.41, 5.74) is -7.33. The minimum Gasteiger partial charge on any atom is -0.451 e. The van der Waals surface area contributed by atoms with Crippen molar-refractivity contribution >= 4 is 16.4 Å². The fourth-order valence-electron chi connectivity index (χ4n) is 16.0. The molecule has 0 radical (unpaired) electrons. The van der Waals surface area contributed by atoms with Gasteiger partial charge in [-0.15, -0.1) is 0 Å². The molecule has 28 atom stereocenters. The van der Waals surface area contributed by atoms with Gasteiger partial charge < -0.3 is 109 Å². The number of rotatable bonds is 16. The van der Waals surface area contributed by atoms with E-state index < -0.39 is 204 Å². The molecule has 8 fully saturated rings. The predicted octanol–water partition coefficient (Wildman–Crippen LogP) is -2.50. The van der Waals surface area contributed by atoms with Crippen molar-refractivity contribution in [2.24, 2.45) is 33.5 Å². The average molecular weight is 1200 g/mol. The molecule has 5 heterocycles. The molecule has 28 heteroatoms. The van der Waals surface area contributed by atoms with Crippen molar-refractivity contribution < 1.29 is 131 Å². The molecule has 13 N–H and O–H groups in total. The number of allylic oxidation sites excluding steroid dienone is 1. The number of hydrogen-bond acceptors (Lipinski definition) is 26. The van der Waals surface area contributed by atoms with Gasteiger partial charge in [-0.25, -0.2) is 4.18 Å². The maximum atomic E-state index is 14.5. The van der Waals surface area contributed by atoms with Crippen molar-refractivity contribution in [1.82, 2.24) is 0 Å². The highest BCUT2D eigenvalue weighted by Gasteiger charge is 2.85. The van der Waals surface area contributed by atoms with Gasteiger partial charge in [0.2, 0.25) is 0 Å². The molecule has 4 aliphatic carbocycles. The van der Waals surface area contributed by atoms with E-state index in [2.05, 4.69) is 6.92 Å². The standard InChI is InChI=1S/C54H86O27S/c1-23-39(77-45-38(64)41(33(59)27(21-56)75-45)78-44-37(63)40(71-9)32(58)26(20-55)74-44)35(61)36(62)43(73-23)79-42-34(60)28(81-82(68,69)70)22-72-46(42)76-31-13-16-50(6)25-19-30(57)54-47(65)80-52(8,15-10-14-48(2,3)66)53(54,67)18-17-51(54,7)24(25)11-12-29(50)49(31,4)5/h10,15,19,23-24,26-46,55-64,66-67H,11-14,16-18,20-22H2,1-9H3,(H,68,69,70)/b15-10-/t23-,24-,26-,27-,28-,29-,30+,31+,32-,33-,34+,35-,36-,37-,38-,39-,40+,41+,42-,43+,44+,45+,46+,50-,51+,52+,53+,54-/m1/s1. The lowest BCUT2D eigenvalue weighted by Gasteiger charge is -2.64. The Kier molecular flexibility index (Phi) is 18.0. The van der Waals surface area contributed by atoms with Crippen LogP contribution in [0.1, 0.15) is 100 Å². The first-order valence-electron chi connectivity index (χ1n) is 28.2. The minimum atomic E-state index is -5.20. The van der Waals surface area contributed by atoms with E-state index in [1.807, 2.05) is 20.8 Å². The van der Waals surface area contributed by atoms with Crippen LogP contribution in [0.3, 0.4) is 0 Å². The number of carbonyl (C=O) groups excluding carboxylic acids is 1. The molecule has 0 aromatic carbocycles. The second kappa shape index (κ2) is 22.8. The largest absolute Gasteiger partial charge is 0.451 e. The molecule has 5 saturated heterocycles. The SMILES string of the molecule is CO[C@@H]1[C@@H](O)[C@H](O[C@@H]2[C@@H](O)[C@H](O[C@H]3[C@H](O)[C@@H](O)[C@H](O[C@H]4[C@H](O[C@H]5CC[C@]6(C)C7=C[C@H](O)[C@]89C(=O)O[C@@](C)(/C=C\CC(C)(C)O)[C@@]8(O)CC[C@@]9(C)[C@@H]7CC[C@@H]6C5(C)C)OC[C@@H](OS(=O)(=O)O)[C@@H]4O)O[C@@H]3C)O[C@H](CO)[C@H]2O)O[C@H](CO)[C@H]1O. The number of aliphatic hydroxyl groups is 12. The number of fused-ring (bicyclic) bond motifs is 4. The minimum absolute atomic E-state index is 0.149. The van der Waals surface area contributed by atoms with Crippen molar-refractivity contribution in [3.63, 3.8) is 0 Å². The van der Waals surface area contributed by atoms with Gasteiger partial charge >= 0.3 is 16.4 Å². The van der Waals surface area contributed by atoms with Crippen LogP contribution in [0.15, 0.2) is 23.8 Å². The Bertz CT molecular complexity index is 2480. The third kappa shape index (κ3) is 10.5. The van der Waals surface area contributed by atoms with Crippen LogP contribution in [0, 0.1) is 33.5 Å². The van der Waals surface area contributed by atoms with Crippen molar-refractivity contribution in [3.8, 4) is 0 Å². The molecule has 82 heavy (non-hydrogen) atoms. The second-order valence-electron chi connectivity index (χ2n) is 26.0. The van der Waals surface area contributed by atoms with Gasteiger partial charge in [0, 0.05) is 7.11 Å². The number of methoxy groups -OCH3 is 1. The van der Waals surface area contributed by atoms with Crippen LogP contribution in [0.2, 0.25) is 0 Å². The molecule has 0 amide bonds. The highest BCUT2D eigenvalue weighted by molar-refractivity contribution is 7.80. The summed E-state index contributed by atoms with van der Waals surface area (Å²) in [5, 5.41) is 135. The third-order valence-corrected chi connectivity index (χ3v) is 20.8. The lowest BCUT2D eigenvalue weighted by molar-refractivity contribution is -0.389. The summed E-state index contributed by atoms with van der Waals surface area (Å²) in [5.74, 6) is -1.07. The van der Waals surface area contributed by atoms with Crippen LogP contribution < -0.4 is 0 Å². The van der Waals surface area contributed by atoms with Crippen molar-refractivity contribution in [3.05, 3.63) is 23.8 Å². The summed E-state index contributed by atoms with van der Waals surface area (Å²) in [4.78, 5) is 14.5. The molecule has 1 spiro atoms. The van der Waals surface area contributed by atoms with Crippen molar-refractivity contribution in [2.45, 2.75) is 246 Å². The Morgan fingerprint density at radius 2 is 1.30 bits per heavy atom. The van der Waals surface area contributed by atoms with Gasteiger partial charge in [0.05, 0.1) is 43.7 Å². The Morgan fingerprint density at radius 3 is 1.90 bits per heavy atom. The summed E-state index contributed by atoms with van der Waals surface area (Å²) in [6.07, 6.45) is -26.6. The zero-order chi connectivity index (χ0) is 60.4. The van der Waals surface area contributed by atoms with Gasteiger partial charge in [-0.2, -0.15) is 8.42 Å². The maximum absolute atomic E-state index is 14.5. The molecule has 0 unspecified atom stereocenters. The maximum Gasteiger partial charge on any atom is 0.397 e. The summed E-state index contributed by atoms with van der Waals surface area (Å²) in [6, 6.07) is 0. The molecular formula is C54H86O27S. The van der Waals surface area contributed by atoms with Gasteiger partial charge in [-0.1, -0.05) is 45.4 Å². The Balaban J connectivity index is 0.915. The van der Waals surface area contributed by atoms with E-state index in [0.29, 0.717) is 32.1 Å². The average Bonchev–Trinajstić information content (AvgIpc) is 1.87. The number of hydrogen-bond donors (Lipinski definition) is 13. The van der Waals surface area contributed by atoms with Crippen LogP contribution in [0.5, 0.6) is 0 Å². The third-order valence-electron chi connectivity index (χ3n) is 20.3. The molecule has 0 aromatic rings. The van der Waals surface area contributed by atoms with Gasteiger partial charge in [0.15, 0.2) is 30.8 Å². The number of ether oxygens (including phenoxy) is 10. The first-order chi connectivity index (χ1) is 38.1. The molecule has 470 valence electrons. The second-order valence-corrected chi connectivity index (χ2v) is 27.1. The zero-order valence-electron chi connectivity index (χ0n) is 47.5. The summed E-state index contributed by atoms with van der Waals surface area (Å²) in [6.45, 7) is 12.2. The quantitative estimate of drug-likeness (QED) is 0.0329. The van der Waals surface area contributed by atoms with E-state index in [1.165, 1.54) is 14.0 Å². The van der Waals surface area contributed by atoms with Crippen LogP contribution >= 0.6 is 0 Å². The van der Waals surface area contributed by atoms with Gasteiger partial charge in [0.1, 0.15) is 96.5 Å². The predicted molar refractivity (Wildman–Crippen MR) is 275 cm³/mol. The van der Waals surface area contributed by atoms with Crippen LogP contribution in [0.4, 0.5) is 0 Å². The van der Waals surface area contributed by atoms with E-state index in [0.717, 1.165) is 5.57 Å². The molecule has 27 nitrogen and oxygen atoms in total. The number of cyclic esters (lactones) is 1. The van der Waals surface area contributed by atoms with E-state index in [1.54, 1.807) is 39.0 Å². The summed E-state index contributed by atoms with van der Waals surface area (Å²) >= 11 is 0. The fourth-order valence-corrected chi connectivity index (χ4v) is 16.5. The number of carbonyl (C=O) groups is 1. The first kappa shape index (κ1) is 64.5. The molecule has 9 rings (SSSR count). The number of esters is 1. The van der Waals surface area contributed by atoms with Gasteiger partial charge in [-0.3, -0.25) is 9.35 Å². The van der Waals surface area contributed by atoms with E-state index in [9.17, 15) is 79.0 Å². The van der Waals surface area contributed by atoms with Gasteiger partial charge in [-0.05, 0) is 107 Å². The Hall–Kier alpha value is -2.02. The lowest BCUT2D eigenvalue weighted by Crippen LogP contribution is -2.68. The Morgan fingerprint density at radius 1 is 0.720 bits per heavy atom. The summed E-state index contributed by atoms with van der Waals surface area (Å²) in [7, 11) is -4.02. The smallest absolute Gasteiger partial charge is 0.397 e. The van der Waals surface area contributed by atoms with E-state index in [-0.39, 0.29) is 24.7 Å². The molecule has 9 aliphatic rings.